The molecule has 0 amide bonds. The summed E-state index contributed by atoms with van der Waals surface area (Å²) in [5, 5.41) is 3.67. The van der Waals surface area contributed by atoms with E-state index < -0.39 is 0 Å². The molecule has 21 heavy (non-hydrogen) atoms. The summed E-state index contributed by atoms with van der Waals surface area (Å²) < 4.78 is 1.20. The predicted molar refractivity (Wildman–Crippen MR) is 92.5 cm³/mol. The van der Waals surface area contributed by atoms with Crippen LogP contribution in [0.25, 0.3) is 0 Å². The first-order chi connectivity index (χ1) is 10.3. The molecule has 116 valence electrons. The number of hydrogen-bond donors (Lipinski definition) is 1. The van der Waals surface area contributed by atoms with Crippen molar-refractivity contribution in [3.05, 3.63) is 34.3 Å². The SMILES string of the molecule is CCC(c1cccc(Br)c1)N(CC1CC1)CC1CCCN1. The normalized spacial score (nSPS) is 23.7. The van der Waals surface area contributed by atoms with E-state index in [1.165, 1.54) is 61.8 Å². The van der Waals surface area contributed by atoms with E-state index in [0.717, 1.165) is 5.92 Å². The van der Waals surface area contributed by atoms with Crippen LogP contribution in [-0.4, -0.2) is 30.6 Å². The maximum absolute atomic E-state index is 3.67. The van der Waals surface area contributed by atoms with Crippen LogP contribution in [0.15, 0.2) is 28.7 Å². The van der Waals surface area contributed by atoms with Gasteiger partial charge in [0.25, 0.3) is 0 Å². The first-order valence-electron chi connectivity index (χ1n) is 8.49. The largest absolute Gasteiger partial charge is 0.313 e. The summed E-state index contributed by atoms with van der Waals surface area (Å²) in [5.74, 6) is 0.951. The lowest BCUT2D eigenvalue weighted by molar-refractivity contribution is 0.168. The van der Waals surface area contributed by atoms with Crippen molar-refractivity contribution < 1.29 is 0 Å². The molecular weight excluding hydrogens is 324 g/mol. The first kappa shape index (κ1) is 15.5. The Morgan fingerprint density at radius 1 is 1.29 bits per heavy atom. The molecule has 1 aromatic carbocycles. The van der Waals surface area contributed by atoms with Crippen LogP contribution in [0.2, 0.25) is 0 Å². The molecule has 2 fully saturated rings. The summed E-state index contributed by atoms with van der Waals surface area (Å²) in [6.07, 6.45) is 6.74. The van der Waals surface area contributed by atoms with Gasteiger partial charge in [-0.05, 0) is 62.3 Å². The van der Waals surface area contributed by atoms with Crippen molar-refractivity contribution in [2.24, 2.45) is 5.92 Å². The number of nitrogens with zero attached hydrogens (tertiary/aromatic N) is 1. The van der Waals surface area contributed by atoms with Crippen molar-refractivity contribution in [1.82, 2.24) is 10.2 Å². The second kappa shape index (κ2) is 7.26. The zero-order valence-corrected chi connectivity index (χ0v) is 14.6. The molecule has 1 saturated carbocycles. The molecule has 3 rings (SSSR count). The van der Waals surface area contributed by atoms with E-state index in [-0.39, 0.29) is 0 Å². The molecule has 0 spiro atoms. The molecule has 2 nitrogen and oxygen atoms in total. The molecule has 1 aliphatic carbocycles. The second-order valence-corrected chi connectivity index (χ2v) is 7.59. The van der Waals surface area contributed by atoms with Gasteiger partial charge in [0.15, 0.2) is 0 Å². The molecule has 2 unspecified atom stereocenters. The molecule has 0 bridgehead atoms. The monoisotopic (exact) mass is 350 g/mol. The van der Waals surface area contributed by atoms with Crippen molar-refractivity contribution in [2.45, 2.75) is 51.1 Å². The summed E-state index contributed by atoms with van der Waals surface area (Å²) in [4.78, 5) is 2.75. The first-order valence-corrected chi connectivity index (χ1v) is 9.28. The van der Waals surface area contributed by atoms with E-state index in [1.807, 2.05) is 0 Å². The van der Waals surface area contributed by atoms with Crippen LogP contribution in [0.5, 0.6) is 0 Å². The summed E-state index contributed by atoms with van der Waals surface area (Å²) in [6, 6.07) is 10.2. The quantitative estimate of drug-likeness (QED) is 0.785. The van der Waals surface area contributed by atoms with Crippen LogP contribution in [0.3, 0.4) is 0 Å². The third kappa shape index (κ3) is 4.30. The number of halogens is 1. The molecule has 1 N–H and O–H groups in total. The van der Waals surface area contributed by atoms with Crippen LogP contribution in [0.4, 0.5) is 0 Å². The summed E-state index contributed by atoms with van der Waals surface area (Å²) in [6.45, 7) is 6.02. The number of nitrogens with one attached hydrogen (secondary N) is 1. The van der Waals surface area contributed by atoms with E-state index in [9.17, 15) is 0 Å². The highest BCUT2D eigenvalue weighted by Gasteiger charge is 2.30. The molecular formula is C18H27BrN2. The highest BCUT2D eigenvalue weighted by Crippen LogP contribution is 2.34. The van der Waals surface area contributed by atoms with Crippen LogP contribution < -0.4 is 5.32 Å². The third-order valence-electron chi connectivity index (χ3n) is 4.87. The van der Waals surface area contributed by atoms with Crippen molar-refractivity contribution in [3.63, 3.8) is 0 Å². The summed E-state index contributed by atoms with van der Waals surface area (Å²) in [7, 11) is 0. The molecule has 2 atom stereocenters. The standard InChI is InChI=1S/C18H27BrN2/c1-2-18(15-5-3-6-16(19)11-15)21(12-14-8-9-14)13-17-7-4-10-20-17/h3,5-6,11,14,17-18,20H,2,4,7-10,12-13H2,1H3. The smallest absolute Gasteiger partial charge is 0.0346 e. The van der Waals surface area contributed by atoms with Crippen LogP contribution >= 0.6 is 15.9 Å². The van der Waals surface area contributed by atoms with Crippen LogP contribution in [-0.2, 0) is 0 Å². The molecule has 2 aliphatic rings. The highest BCUT2D eigenvalue weighted by molar-refractivity contribution is 9.10. The minimum absolute atomic E-state index is 0.561. The number of benzene rings is 1. The van der Waals surface area contributed by atoms with Gasteiger partial charge in [-0.25, -0.2) is 0 Å². The van der Waals surface area contributed by atoms with Gasteiger partial charge >= 0.3 is 0 Å². The molecule has 1 aromatic rings. The molecule has 1 saturated heterocycles. The van der Waals surface area contributed by atoms with Crippen LogP contribution in [0, 0.1) is 5.92 Å². The minimum atomic E-state index is 0.561. The van der Waals surface area contributed by atoms with Gasteiger partial charge in [0.05, 0.1) is 0 Å². The third-order valence-corrected chi connectivity index (χ3v) is 5.36. The van der Waals surface area contributed by atoms with Gasteiger partial charge in [0.1, 0.15) is 0 Å². The fourth-order valence-corrected chi connectivity index (χ4v) is 3.99. The van der Waals surface area contributed by atoms with Crippen molar-refractivity contribution >= 4 is 15.9 Å². The van der Waals surface area contributed by atoms with E-state index in [2.05, 4.69) is 57.3 Å². The van der Waals surface area contributed by atoms with Gasteiger partial charge in [0.2, 0.25) is 0 Å². The van der Waals surface area contributed by atoms with E-state index in [4.69, 9.17) is 0 Å². The highest BCUT2D eigenvalue weighted by atomic mass is 79.9. The lowest BCUT2D eigenvalue weighted by Crippen LogP contribution is -2.40. The zero-order valence-electron chi connectivity index (χ0n) is 13.0. The molecule has 0 radical (unpaired) electrons. The minimum Gasteiger partial charge on any atom is -0.313 e. The number of hydrogen-bond acceptors (Lipinski definition) is 2. The fourth-order valence-electron chi connectivity index (χ4n) is 3.58. The van der Waals surface area contributed by atoms with Crippen molar-refractivity contribution in [3.8, 4) is 0 Å². The van der Waals surface area contributed by atoms with Gasteiger partial charge in [-0.3, -0.25) is 4.90 Å². The lowest BCUT2D eigenvalue weighted by atomic mass is 10.0. The Hall–Kier alpha value is -0.380. The zero-order chi connectivity index (χ0) is 14.7. The Kier molecular flexibility index (Phi) is 5.36. The average molecular weight is 351 g/mol. The Morgan fingerprint density at radius 3 is 2.76 bits per heavy atom. The Bertz CT molecular complexity index is 452. The maximum atomic E-state index is 3.67. The molecule has 1 aliphatic heterocycles. The Labute approximate surface area is 137 Å². The van der Waals surface area contributed by atoms with Gasteiger partial charge in [-0.1, -0.05) is 35.0 Å². The Morgan fingerprint density at radius 2 is 2.14 bits per heavy atom. The van der Waals surface area contributed by atoms with E-state index in [1.54, 1.807) is 0 Å². The van der Waals surface area contributed by atoms with E-state index >= 15 is 0 Å². The number of rotatable bonds is 7. The van der Waals surface area contributed by atoms with Crippen LogP contribution in [0.1, 0.15) is 50.6 Å². The fraction of sp³-hybridized carbons (Fsp3) is 0.667. The lowest BCUT2D eigenvalue weighted by Gasteiger charge is -2.34. The van der Waals surface area contributed by atoms with Gasteiger partial charge < -0.3 is 5.32 Å². The molecule has 1 heterocycles. The Balaban J connectivity index is 1.74. The average Bonchev–Trinajstić information content (AvgIpc) is 3.13. The predicted octanol–water partition coefficient (Wildman–Crippen LogP) is 4.36. The molecule has 3 heteroatoms. The van der Waals surface area contributed by atoms with Gasteiger partial charge in [0, 0.05) is 29.6 Å². The van der Waals surface area contributed by atoms with Crippen molar-refractivity contribution in [2.75, 3.05) is 19.6 Å². The van der Waals surface area contributed by atoms with Crippen molar-refractivity contribution in [1.29, 1.82) is 0 Å². The van der Waals surface area contributed by atoms with Gasteiger partial charge in [-0.2, -0.15) is 0 Å². The maximum Gasteiger partial charge on any atom is 0.0346 e. The summed E-state index contributed by atoms with van der Waals surface area (Å²) in [5.41, 5.74) is 1.46. The topological polar surface area (TPSA) is 15.3 Å². The molecule has 0 aromatic heterocycles. The second-order valence-electron chi connectivity index (χ2n) is 6.67. The van der Waals surface area contributed by atoms with E-state index in [0.29, 0.717) is 12.1 Å². The summed E-state index contributed by atoms with van der Waals surface area (Å²) >= 11 is 3.63. The van der Waals surface area contributed by atoms with Gasteiger partial charge in [-0.15, -0.1) is 0 Å².